The standard InChI is InChI=1S/C15H24FNO2/c1-5-18-15(19-6-2)14(17-4)10-12-9-13(16)8-7-11(12)3/h7-9,14-15,17H,5-6,10H2,1-4H3. The third kappa shape index (κ3) is 4.90. The zero-order valence-electron chi connectivity index (χ0n) is 12.2. The SMILES string of the molecule is CCOC(OCC)C(Cc1cc(F)ccc1C)NC. The van der Waals surface area contributed by atoms with Crippen molar-refractivity contribution in [2.24, 2.45) is 0 Å². The van der Waals surface area contributed by atoms with Gasteiger partial charge in [-0.25, -0.2) is 4.39 Å². The Labute approximate surface area is 115 Å². The Morgan fingerprint density at radius 3 is 2.37 bits per heavy atom. The summed E-state index contributed by atoms with van der Waals surface area (Å²) in [5.74, 6) is -0.208. The molecule has 1 atom stereocenters. The molecule has 0 aliphatic rings. The van der Waals surface area contributed by atoms with Gasteiger partial charge in [0, 0.05) is 13.2 Å². The first-order valence-electron chi connectivity index (χ1n) is 6.77. The van der Waals surface area contributed by atoms with Crippen LogP contribution in [0.5, 0.6) is 0 Å². The van der Waals surface area contributed by atoms with E-state index in [-0.39, 0.29) is 18.1 Å². The molecule has 108 valence electrons. The molecule has 0 saturated heterocycles. The molecule has 0 amide bonds. The van der Waals surface area contributed by atoms with Crippen LogP contribution >= 0.6 is 0 Å². The van der Waals surface area contributed by atoms with Gasteiger partial charge >= 0.3 is 0 Å². The number of nitrogens with one attached hydrogen (secondary N) is 1. The minimum absolute atomic E-state index is 0.000370. The average molecular weight is 269 g/mol. The highest BCUT2D eigenvalue weighted by molar-refractivity contribution is 5.27. The van der Waals surface area contributed by atoms with E-state index in [9.17, 15) is 4.39 Å². The largest absolute Gasteiger partial charge is 0.351 e. The normalized spacial score (nSPS) is 12.9. The van der Waals surface area contributed by atoms with E-state index in [1.807, 2.05) is 27.8 Å². The maximum atomic E-state index is 13.3. The molecule has 1 unspecified atom stereocenters. The minimum atomic E-state index is -0.317. The first-order chi connectivity index (χ1) is 9.12. The van der Waals surface area contributed by atoms with Crippen LogP contribution in [0.1, 0.15) is 25.0 Å². The fourth-order valence-electron chi connectivity index (χ4n) is 2.04. The molecule has 1 aromatic carbocycles. The highest BCUT2D eigenvalue weighted by Gasteiger charge is 2.21. The number of halogens is 1. The Hall–Kier alpha value is -0.970. The molecule has 0 aliphatic heterocycles. The summed E-state index contributed by atoms with van der Waals surface area (Å²) in [5.41, 5.74) is 2.05. The summed E-state index contributed by atoms with van der Waals surface area (Å²) < 4.78 is 24.5. The maximum absolute atomic E-state index is 13.3. The number of hydrogen-bond acceptors (Lipinski definition) is 3. The molecule has 0 heterocycles. The number of likely N-dealkylation sites (N-methyl/N-ethyl adjacent to an activating group) is 1. The molecule has 0 aliphatic carbocycles. The highest BCUT2D eigenvalue weighted by atomic mass is 19.1. The fraction of sp³-hybridized carbons (Fsp3) is 0.600. The van der Waals surface area contributed by atoms with Crippen molar-refractivity contribution in [3.63, 3.8) is 0 Å². The predicted octanol–water partition coefficient (Wildman–Crippen LogP) is 2.66. The Kier molecular flexibility index (Phi) is 6.99. The van der Waals surface area contributed by atoms with Gasteiger partial charge in [-0.15, -0.1) is 0 Å². The van der Waals surface area contributed by atoms with Gasteiger partial charge in [0.1, 0.15) is 5.82 Å². The van der Waals surface area contributed by atoms with Crippen molar-refractivity contribution in [3.8, 4) is 0 Å². The van der Waals surface area contributed by atoms with Crippen LogP contribution in [0.4, 0.5) is 4.39 Å². The molecular weight excluding hydrogens is 245 g/mol. The van der Waals surface area contributed by atoms with Crippen molar-refractivity contribution in [1.29, 1.82) is 0 Å². The van der Waals surface area contributed by atoms with Gasteiger partial charge in [0.2, 0.25) is 0 Å². The van der Waals surface area contributed by atoms with Crippen molar-refractivity contribution in [3.05, 3.63) is 35.1 Å². The summed E-state index contributed by atoms with van der Waals surface area (Å²) in [6, 6.07) is 4.86. The van der Waals surface area contributed by atoms with E-state index in [2.05, 4.69) is 5.32 Å². The van der Waals surface area contributed by atoms with Gasteiger partial charge in [0.25, 0.3) is 0 Å². The molecule has 0 radical (unpaired) electrons. The summed E-state index contributed by atoms with van der Waals surface area (Å²) in [6.07, 6.45) is 0.354. The molecular formula is C15H24FNO2. The van der Waals surface area contributed by atoms with Crippen LogP contribution in [-0.4, -0.2) is 32.6 Å². The summed E-state index contributed by atoms with van der Waals surface area (Å²) in [7, 11) is 1.87. The molecule has 0 bridgehead atoms. The predicted molar refractivity (Wildman–Crippen MR) is 74.7 cm³/mol. The summed E-state index contributed by atoms with van der Waals surface area (Å²) in [4.78, 5) is 0. The van der Waals surface area contributed by atoms with Crippen LogP contribution in [0.2, 0.25) is 0 Å². The zero-order chi connectivity index (χ0) is 14.3. The van der Waals surface area contributed by atoms with Crippen LogP contribution in [0.15, 0.2) is 18.2 Å². The molecule has 0 aromatic heterocycles. The van der Waals surface area contributed by atoms with Gasteiger partial charge in [0.05, 0.1) is 6.04 Å². The van der Waals surface area contributed by atoms with Gasteiger partial charge < -0.3 is 14.8 Å². The van der Waals surface area contributed by atoms with E-state index in [1.165, 1.54) is 6.07 Å². The number of benzene rings is 1. The van der Waals surface area contributed by atoms with Gasteiger partial charge in [-0.05, 0) is 57.5 Å². The molecule has 19 heavy (non-hydrogen) atoms. The van der Waals surface area contributed by atoms with E-state index in [0.717, 1.165) is 11.1 Å². The highest BCUT2D eigenvalue weighted by Crippen LogP contribution is 2.15. The molecule has 0 spiro atoms. The Morgan fingerprint density at radius 1 is 1.21 bits per heavy atom. The second-order valence-electron chi connectivity index (χ2n) is 4.45. The Morgan fingerprint density at radius 2 is 1.84 bits per heavy atom. The second-order valence-corrected chi connectivity index (χ2v) is 4.45. The number of ether oxygens (including phenoxy) is 2. The van der Waals surface area contributed by atoms with Crippen molar-refractivity contribution in [2.75, 3.05) is 20.3 Å². The molecule has 3 nitrogen and oxygen atoms in total. The number of hydrogen-bond donors (Lipinski definition) is 1. The number of aryl methyl sites for hydroxylation is 1. The molecule has 4 heteroatoms. The first kappa shape index (κ1) is 16.1. The van der Waals surface area contributed by atoms with Gasteiger partial charge in [0.15, 0.2) is 6.29 Å². The Balaban J connectivity index is 2.81. The van der Waals surface area contributed by atoms with E-state index >= 15 is 0 Å². The lowest BCUT2D eigenvalue weighted by molar-refractivity contribution is -0.152. The summed E-state index contributed by atoms with van der Waals surface area (Å²) in [6.45, 7) is 7.03. The molecule has 1 N–H and O–H groups in total. The van der Waals surface area contributed by atoms with Gasteiger partial charge in [-0.3, -0.25) is 0 Å². The third-order valence-electron chi connectivity index (χ3n) is 3.11. The van der Waals surface area contributed by atoms with Crippen LogP contribution in [0.3, 0.4) is 0 Å². The van der Waals surface area contributed by atoms with Crippen LogP contribution in [0, 0.1) is 12.7 Å². The molecule has 0 saturated carbocycles. The molecule has 1 rings (SSSR count). The van der Waals surface area contributed by atoms with E-state index < -0.39 is 0 Å². The summed E-state index contributed by atoms with van der Waals surface area (Å²) in [5, 5.41) is 3.19. The van der Waals surface area contributed by atoms with Crippen molar-refractivity contribution in [1.82, 2.24) is 5.32 Å². The van der Waals surface area contributed by atoms with Gasteiger partial charge in [-0.1, -0.05) is 6.07 Å². The quantitative estimate of drug-likeness (QED) is 0.736. The first-order valence-corrected chi connectivity index (χ1v) is 6.77. The minimum Gasteiger partial charge on any atom is -0.351 e. The molecule has 0 fully saturated rings. The number of rotatable bonds is 8. The van der Waals surface area contributed by atoms with Crippen molar-refractivity contribution < 1.29 is 13.9 Å². The topological polar surface area (TPSA) is 30.5 Å². The lowest BCUT2D eigenvalue weighted by atomic mass is 10.0. The van der Waals surface area contributed by atoms with Crippen molar-refractivity contribution >= 4 is 0 Å². The van der Waals surface area contributed by atoms with Crippen molar-refractivity contribution in [2.45, 2.75) is 39.5 Å². The smallest absolute Gasteiger partial charge is 0.172 e. The average Bonchev–Trinajstić information content (AvgIpc) is 2.39. The van der Waals surface area contributed by atoms with Crippen LogP contribution < -0.4 is 5.32 Å². The van der Waals surface area contributed by atoms with Crippen LogP contribution in [0.25, 0.3) is 0 Å². The lowest BCUT2D eigenvalue weighted by Crippen LogP contribution is -2.43. The van der Waals surface area contributed by atoms with E-state index in [0.29, 0.717) is 19.6 Å². The maximum Gasteiger partial charge on any atom is 0.172 e. The zero-order valence-corrected chi connectivity index (χ0v) is 12.2. The van der Waals surface area contributed by atoms with E-state index in [1.54, 1.807) is 12.1 Å². The Bertz CT molecular complexity index is 378. The third-order valence-corrected chi connectivity index (χ3v) is 3.11. The van der Waals surface area contributed by atoms with E-state index in [4.69, 9.17) is 9.47 Å². The summed E-state index contributed by atoms with van der Waals surface area (Å²) >= 11 is 0. The fourth-order valence-corrected chi connectivity index (χ4v) is 2.04. The van der Waals surface area contributed by atoms with Crippen LogP contribution in [-0.2, 0) is 15.9 Å². The molecule has 1 aromatic rings. The second kappa shape index (κ2) is 8.25. The lowest BCUT2D eigenvalue weighted by Gasteiger charge is -2.27. The van der Waals surface area contributed by atoms with Gasteiger partial charge in [-0.2, -0.15) is 0 Å². The monoisotopic (exact) mass is 269 g/mol.